The quantitative estimate of drug-likeness (QED) is 0.866. The van der Waals surface area contributed by atoms with Crippen LogP contribution in [0.25, 0.3) is 0 Å². The summed E-state index contributed by atoms with van der Waals surface area (Å²) in [7, 11) is 0. The summed E-state index contributed by atoms with van der Waals surface area (Å²) in [5.74, 6) is 0.834. The summed E-state index contributed by atoms with van der Waals surface area (Å²) in [6, 6.07) is 9.37. The van der Waals surface area contributed by atoms with Crippen LogP contribution in [0.2, 0.25) is 0 Å². The van der Waals surface area contributed by atoms with Crippen molar-refractivity contribution in [3.8, 4) is 0 Å². The minimum atomic E-state index is -0.156. The molecular formula is C17H20FNS. The van der Waals surface area contributed by atoms with Crippen molar-refractivity contribution in [3.05, 3.63) is 57.0 Å². The van der Waals surface area contributed by atoms with Gasteiger partial charge in [-0.1, -0.05) is 12.1 Å². The number of hydrogen-bond acceptors (Lipinski definition) is 2. The molecule has 2 aromatic rings. The zero-order chi connectivity index (χ0) is 14.1. The zero-order valence-electron chi connectivity index (χ0n) is 11.9. The molecule has 0 aliphatic carbocycles. The van der Waals surface area contributed by atoms with Crippen molar-refractivity contribution in [2.75, 3.05) is 13.1 Å². The first-order valence-corrected chi connectivity index (χ1v) is 8.00. The number of aryl methyl sites for hydroxylation is 2. The predicted octanol–water partition coefficient (Wildman–Crippen LogP) is 4.36. The molecule has 0 bridgehead atoms. The number of hydrogen-bond donors (Lipinski definition) is 1. The van der Waals surface area contributed by atoms with Crippen molar-refractivity contribution in [1.29, 1.82) is 0 Å². The number of nitrogens with one attached hydrogen (secondary N) is 1. The van der Waals surface area contributed by atoms with Crippen LogP contribution in [-0.2, 0) is 0 Å². The van der Waals surface area contributed by atoms with E-state index in [1.807, 2.05) is 23.5 Å². The van der Waals surface area contributed by atoms with Gasteiger partial charge in [0.15, 0.2) is 0 Å². The molecule has 1 nitrogen and oxygen atoms in total. The lowest BCUT2D eigenvalue weighted by Crippen LogP contribution is -2.34. The zero-order valence-corrected chi connectivity index (χ0v) is 12.8. The van der Waals surface area contributed by atoms with Gasteiger partial charge < -0.3 is 5.32 Å². The van der Waals surface area contributed by atoms with E-state index in [0.717, 1.165) is 19.5 Å². The Morgan fingerprint density at radius 1 is 1.15 bits per heavy atom. The Bertz CT molecular complexity index is 588. The minimum absolute atomic E-state index is 0.156. The predicted molar refractivity (Wildman–Crippen MR) is 83.2 cm³/mol. The fraction of sp³-hybridized carbons (Fsp3) is 0.412. The summed E-state index contributed by atoms with van der Waals surface area (Å²) >= 11 is 1.88. The van der Waals surface area contributed by atoms with Gasteiger partial charge in [0.2, 0.25) is 0 Å². The number of halogens is 1. The summed E-state index contributed by atoms with van der Waals surface area (Å²) in [6.07, 6.45) is 1.15. The van der Waals surface area contributed by atoms with Crippen LogP contribution >= 0.6 is 11.3 Å². The standard InChI is InChI=1S/C17H20FNS/c1-11-9-16(12(2)20-11)15-7-8-19-10-17(15)13-3-5-14(18)6-4-13/h3-6,9,15,17,19H,7-8,10H2,1-2H3. The number of piperidine rings is 1. The Balaban J connectivity index is 1.95. The van der Waals surface area contributed by atoms with Crippen molar-refractivity contribution in [2.24, 2.45) is 0 Å². The molecule has 1 aromatic heterocycles. The molecule has 0 amide bonds. The summed E-state index contributed by atoms with van der Waals surface area (Å²) in [4.78, 5) is 2.82. The summed E-state index contributed by atoms with van der Waals surface area (Å²) in [5, 5.41) is 3.48. The topological polar surface area (TPSA) is 12.0 Å². The van der Waals surface area contributed by atoms with E-state index in [-0.39, 0.29) is 5.82 Å². The third-order valence-corrected chi connectivity index (χ3v) is 5.24. The van der Waals surface area contributed by atoms with Crippen LogP contribution in [0.4, 0.5) is 4.39 Å². The van der Waals surface area contributed by atoms with Crippen LogP contribution in [-0.4, -0.2) is 13.1 Å². The van der Waals surface area contributed by atoms with Crippen molar-refractivity contribution >= 4 is 11.3 Å². The normalized spacial score (nSPS) is 22.9. The number of rotatable bonds is 2. The molecule has 2 heterocycles. The van der Waals surface area contributed by atoms with Gasteiger partial charge in [-0.25, -0.2) is 4.39 Å². The van der Waals surface area contributed by atoms with Crippen LogP contribution in [0, 0.1) is 19.7 Å². The van der Waals surface area contributed by atoms with E-state index in [9.17, 15) is 4.39 Å². The van der Waals surface area contributed by atoms with E-state index in [1.54, 1.807) is 12.1 Å². The SMILES string of the molecule is Cc1cc(C2CCNCC2c2ccc(F)cc2)c(C)s1. The first kappa shape index (κ1) is 13.8. The number of benzene rings is 1. The fourth-order valence-corrected chi connectivity index (χ4v) is 4.31. The molecule has 20 heavy (non-hydrogen) atoms. The molecule has 3 heteroatoms. The van der Waals surface area contributed by atoms with E-state index >= 15 is 0 Å². The molecule has 2 atom stereocenters. The lowest BCUT2D eigenvalue weighted by atomic mass is 9.77. The van der Waals surface area contributed by atoms with Gasteiger partial charge in [0.1, 0.15) is 5.82 Å². The van der Waals surface area contributed by atoms with E-state index in [2.05, 4.69) is 25.2 Å². The van der Waals surface area contributed by atoms with Crippen LogP contribution in [0.5, 0.6) is 0 Å². The molecule has 1 aliphatic rings. The Kier molecular flexibility index (Phi) is 3.90. The average Bonchev–Trinajstić information content (AvgIpc) is 2.78. The summed E-state index contributed by atoms with van der Waals surface area (Å²) in [5.41, 5.74) is 2.73. The highest BCUT2D eigenvalue weighted by Gasteiger charge is 2.29. The largest absolute Gasteiger partial charge is 0.316 e. The highest BCUT2D eigenvalue weighted by atomic mass is 32.1. The van der Waals surface area contributed by atoms with Gasteiger partial charge in [-0.15, -0.1) is 11.3 Å². The molecule has 2 unspecified atom stereocenters. The lowest BCUT2D eigenvalue weighted by Gasteiger charge is -2.33. The molecule has 1 N–H and O–H groups in total. The van der Waals surface area contributed by atoms with Crippen molar-refractivity contribution < 1.29 is 4.39 Å². The smallest absolute Gasteiger partial charge is 0.123 e. The van der Waals surface area contributed by atoms with Gasteiger partial charge in [0.05, 0.1) is 0 Å². The van der Waals surface area contributed by atoms with Gasteiger partial charge in [-0.05, 0) is 62.1 Å². The van der Waals surface area contributed by atoms with Gasteiger partial charge in [0.25, 0.3) is 0 Å². The maximum atomic E-state index is 13.1. The lowest BCUT2D eigenvalue weighted by molar-refractivity contribution is 0.403. The molecule has 0 radical (unpaired) electrons. The molecular weight excluding hydrogens is 269 g/mol. The van der Waals surface area contributed by atoms with Crippen LogP contribution in [0.1, 0.15) is 39.1 Å². The molecule has 0 saturated carbocycles. The van der Waals surface area contributed by atoms with Crippen molar-refractivity contribution in [2.45, 2.75) is 32.1 Å². The highest BCUT2D eigenvalue weighted by Crippen LogP contribution is 2.40. The van der Waals surface area contributed by atoms with Crippen molar-refractivity contribution in [3.63, 3.8) is 0 Å². The highest BCUT2D eigenvalue weighted by molar-refractivity contribution is 7.12. The van der Waals surface area contributed by atoms with Crippen molar-refractivity contribution in [1.82, 2.24) is 5.32 Å². The van der Waals surface area contributed by atoms with E-state index in [0.29, 0.717) is 11.8 Å². The Hall–Kier alpha value is -1.19. The average molecular weight is 289 g/mol. The monoisotopic (exact) mass is 289 g/mol. The molecule has 1 aromatic carbocycles. The molecule has 1 saturated heterocycles. The number of thiophene rings is 1. The summed E-state index contributed by atoms with van der Waals surface area (Å²) in [6.45, 7) is 6.44. The Morgan fingerprint density at radius 2 is 1.90 bits per heavy atom. The van der Waals surface area contributed by atoms with Crippen LogP contribution in [0.3, 0.4) is 0 Å². The first-order valence-electron chi connectivity index (χ1n) is 7.18. The van der Waals surface area contributed by atoms with E-state index in [1.165, 1.54) is 20.9 Å². The maximum Gasteiger partial charge on any atom is 0.123 e. The van der Waals surface area contributed by atoms with Crippen LogP contribution < -0.4 is 5.32 Å². The van der Waals surface area contributed by atoms with Gasteiger partial charge in [-0.3, -0.25) is 0 Å². The third kappa shape index (κ3) is 2.65. The molecule has 3 rings (SSSR count). The first-order chi connectivity index (χ1) is 9.65. The molecule has 0 spiro atoms. The Labute approximate surface area is 123 Å². The van der Waals surface area contributed by atoms with Gasteiger partial charge >= 0.3 is 0 Å². The van der Waals surface area contributed by atoms with Gasteiger partial charge in [0, 0.05) is 22.2 Å². The second kappa shape index (κ2) is 5.66. The van der Waals surface area contributed by atoms with E-state index in [4.69, 9.17) is 0 Å². The second-order valence-corrected chi connectivity index (χ2v) is 7.09. The Morgan fingerprint density at radius 3 is 2.55 bits per heavy atom. The summed E-state index contributed by atoms with van der Waals surface area (Å²) < 4.78 is 13.1. The molecule has 106 valence electrons. The molecule has 1 aliphatic heterocycles. The third-order valence-electron chi connectivity index (χ3n) is 4.26. The van der Waals surface area contributed by atoms with E-state index < -0.39 is 0 Å². The van der Waals surface area contributed by atoms with Gasteiger partial charge in [-0.2, -0.15) is 0 Å². The fourth-order valence-electron chi connectivity index (χ4n) is 3.31. The second-order valence-electron chi connectivity index (χ2n) is 5.63. The minimum Gasteiger partial charge on any atom is -0.316 e. The maximum absolute atomic E-state index is 13.1. The molecule has 1 fully saturated rings. The van der Waals surface area contributed by atoms with Crippen LogP contribution in [0.15, 0.2) is 30.3 Å².